The molecule has 120 valence electrons. The van der Waals surface area contributed by atoms with E-state index in [9.17, 15) is 0 Å². The van der Waals surface area contributed by atoms with Crippen molar-refractivity contribution >= 4 is 5.69 Å². The van der Waals surface area contributed by atoms with E-state index < -0.39 is 0 Å². The molecule has 0 radical (unpaired) electrons. The van der Waals surface area contributed by atoms with Crippen LogP contribution in [0.25, 0.3) is 11.1 Å². The quantitative estimate of drug-likeness (QED) is 0.888. The molecule has 2 aliphatic rings. The maximum absolute atomic E-state index is 3.52. The van der Waals surface area contributed by atoms with Gasteiger partial charge >= 0.3 is 0 Å². The van der Waals surface area contributed by atoms with Crippen molar-refractivity contribution < 1.29 is 0 Å². The largest absolute Gasteiger partial charge is 0.371 e. The number of hydrogen-bond acceptors (Lipinski definition) is 2. The third-order valence-corrected chi connectivity index (χ3v) is 5.64. The smallest absolute Gasteiger partial charge is 0.0372 e. The van der Waals surface area contributed by atoms with Crippen LogP contribution in [0.1, 0.15) is 25.7 Å². The summed E-state index contributed by atoms with van der Waals surface area (Å²) in [5, 5.41) is 3.52. The van der Waals surface area contributed by atoms with E-state index >= 15 is 0 Å². The van der Waals surface area contributed by atoms with Gasteiger partial charge in [0.15, 0.2) is 0 Å². The molecule has 2 fully saturated rings. The molecular weight excluding hydrogens is 280 g/mol. The van der Waals surface area contributed by atoms with Gasteiger partial charge in [0.05, 0.1) is 0 Å². The Hall–Kier alpha value is -1.80. The van der Waals surface area contributed by atoms with Gasteiger partial charge in [-0.1, -0.05) is 42.5 Å². The van der Waals surface area contributed by atoms with Crippen LogP contribution in [0.4, 0.5) is 5.69 Å². The van der Waals surface area contributed by atoms with E-state index in [0.717, 1.165) is 0 Å². The van der Waals surface area contributed by atoms with Gasteiger partial charge in [-0.05, 0) is 67.4 Å². The molecule has 0 amide bonds. The molecule has 0 atom stereocenters. The van der Waals surface area contributed by atoms with Crippen molar-refractivity contribution in [2.45, 2.75) is 25.7 Å². The summed E-state index contributed by atoms with van der Waals surface area (Å²) in [5.41, 5.74) is 4.58. The predicted octanol–water partition coefficient (Wildman–Crippen LogP) is 4.32. The Morgan fingerprint density at radius 1 is 0.826 bits per heavy atom. The summed E-state index contributed by atoms with van der Waals surface area (Å²) >= 11 is 0. The Morgan fingerprint density at radius 3 is 2.43 bits per heavy atom. The van der Waals surface area contributed by atoms with E-state index in [-0.39, 0.29) is 0 Å². The van der Waals surface area contributed by atoms with Crippen LogP contribution in [0.2, 0.25) is 0 Å². The van der Waals surface area contributed by atoms with Gasteiger partial charge in [-0.2, -0.15) is 0 Å². The fourth-order valence-corrected chi connectivity index (χ4v) is 4.31. The SMILES string of the molecule is c1ccc(-c2cccc(N3CCCC4(CCNCC4)C3)c2)cc1. The Balaban J connectivity index is 1.58. The molecule has 0 aliphatic carbocycles. The zero-order valence-electron chi connectivity index (χ0n) is 13.8. The molecule has 2 aromatic carbocycles. The molecule has 2 heterocycles. The van der Waals surface area contributed by atoms with Crippen LogP contribution in [0.15, 0.2) is 54.6 Å². The summed E-state index contributed by atoms with van der Waals surface area (Å²) in [6, 6.07) is 19.8. The summed E-state index contributed by atoms with van der Waals surface area (Å²) in [4.78, 5) is 2.63. The molecule has 1 N–H and O–H groups in total. The van der Waals surface area contributed by atoms with Crippen LogP contribution < -0.4 is 10.2 Å². The highest BCUT2D eigenvalue weighted by Gasteiger charge is 2.36. The Bertz CT molecular complexity index is 638. The Labute approximate surface area is 139 Å². The molecule has 0 saturated carbocycles. The molecule has 2 saturated heterocycles. The maximum Gasteiger partial charge on any atom is 0.0372 e. The summed E-state index contributed by atoms with van der Waals surface area (Å²) < 4.78 is 0. The summed E-state index contributed by atoms with van der Waals surface area (Å²) in [6.45, 7) is 4.82. The summed E-state index contributed by atoms with van der Waals surface area (Å²) in [5.74, 6) is 0. The van der Waals surface area contributed by atoms with Gasteiger partial charge in [0, 0.05) is 18.8 Å². The van der Waals surface area contributed by atoms with E-state index in [1.807, 2.05) is 0 Å². The van der Waals surface area contributed by atoms with Gasteiger partial charge in [-0.3, -0.25) is 0 Å². The third kappa shape index (κ3) is 3.13. The standard InChI is InChI=1S/C21H26N2/c1-2-6-18(7-3-1)19-8-4-9-20(16-19)23-15-5-10-21(17-23)11-13-22-14-12-21/h1-4,6-9,16,22H,5,10-15,17H2. The topological polar surface area (TPSA) is 15.3 Å². The molecule has 1 spiro atoms. The van der Waals surface area contributed by atoms with Crippen LogP contribution in [-0.2, 0) is 0 Å². The van der Waals surface area contributed by atoms with Crippen molar-refractivity contribution in [2.75, 3.05) is 31.1 Å². The van der Waals surface area contributed by atoms with Crippen LogP contribution in [-0.4, -0.2) is 26.2 Å². The molecule has 0 aromatic heterocycles. The first-order chi connectivity index (χ1) is 11.3. The number of rotatable bonds is 2. The fourth-order valence-electron chi connectivity index (χ4n) is 4.31. The molecule has 2 aliphatic heterocycles. The first-order valence-corrected chi connectivity index (χ1v) is 8.96. The summed E-state index contributed by atoms with van der Waals surface area (Å²) in [6.07, 6.45) is 5.41. The van der Waals surface area contributed by atoms with E-state index in [4.69, 9.17) is 0 Å². The average molecular weight is 306 g/mol. The molecular formula is C21H26N2. The second-order valence-corrected chi connectivity index (χ2v) is 7.19. The minimum atomic E-state index is 0.548. The molecule has 2 nitrogen and oxygen atoms in total. The summed E-state index contributed by atoms with van der Waals surface area (Å²) in [7, 11) is 0. The normalized spacial score (nSPS) is 20.6. The molecule has 0 bridgehead atoms. The van der Waals surface area contributed by atoms with Gasteiger partial charge in [-0.25, -0.2) is 0 Å². The molecule has 0 unspecified atom stereocenters. The third-order valence-electron chi connectivity index (χ3n) is 5.64. The number of nitrogens with one attached hydrogen (secondary N) is 1. The van der Waals surface area contributed by atoms with Gasteiger partial charge in [0.2, 0.25) is 0 Å². The zero-order valence-corrected chi connectivity index (χ0v) is 13.8. The Kier molecular flexibility index (Phi) is 4.09. The van der Waals surface area contributed by atoms with Gasteiger partial charge < -0.3 is 10.2 Å². The molecule has 2 aromatic rings. The molecule has 23 heavy (non-hydrogen) atoms. The van der Waals surface area contributed by atoms with Crippen molar-refractivity contribution in [1.29, 1.82) is 0 Å². The first-order valence-electron chi connectivity index (χ1n) is 8.96. The lowest BCUT2D eigenvalue weighted by molar-refractivity contribution is 0.167. The van der Waals surface area contributed by atoms with Crippen LogP contribution >= 0.6 is 0 Å². The van der Waals surface area contributed by atoms with E-state index in [2.05, 4.69) is 64.8 Å². The predicted molar refractivity (Wildman–Crippen MR) is 97.9 cm³/mol. The lowest BCUT2D eigenvalue weighted by Gasteiger charge is -2.46. The van der Waals surface area contributed by atoms with Gasteiger partial charge in [0.1, 0.15) is 0 Å². The minimum absolute atomic E-state index is 0.548. The number of hydrogen-bond donors (Lipinski definition) is 1. The second kappa shape index (κ2) is 6.37. The minimum Gasteiger partial charge on any atom is -0.371 e. The highest BCUT2D eigenvalue weighted by atomic mass is 15.1. The highest BCUT2D eigenvalue weighted by molar-refractivity contribution is 5.68. The number of benzene rings is 2. The van der Waals surface area contributed by atoms with E-state index in [1.54, 1.807) is 0 Å². The number of anilines is 1. The average Bonchev–Trinajstić information content (AvgIpc) is 2.63. The maximum atomic E-state index is 3.52. The van der Waals surface area contributed by atoms with Gasteiger partial charge in [-0.15, -0.1) is 0 Å². The monoisotopic (exact) mass is 306 g/mol. The molecule has 4 rings (SSSR count). The number of piperidine rings is 2. The van der Waals surface area contributed by atoms with Crippen molar-refractivity contribution in [1.82, 2.24) is 5.32 Å². The Morgan fingerprint density at radius 2 is 1.61 bits per heavy atom. The molecule has 2 heteroatoms. The second-order valence-electron chi connectivity index (χ2n) is 7.19. The van der Waals surface area contributed by atoms with E-state index in [0.29, 0.717) is 5.41 Å². The van der Waals surface area contributed by atoms with Crippen molar-refractivity contribution in [3.63, 3.8) is 0 Å². The fraction of sp³-hybridized carbons (Fsp3) is 0.429. The highest BCUT2D eigenvalue weighted by Crippen LogP contribution is 2.40. The number of nitrogens with zero attached hydrogens (tertiary/aromatic N) is 1. The lowest BCUT2D eigenvalue weighted by atomic mass is 9.73. The van der Waals surface area contributed by atoms with Crippen LogP contribution in [0, 0.1) is 5.41 Å². The zero-order chi connectivity index (χ0) is 15.5. The van der Waals surface area contributed by atoms with Crippen LogP contribution in [0.3, 0.4) is 0 Å². The van der Waals surface area contributed by atoms with Crippen molar-refractivity contribution in [2.24, 2.45) is 5.41 Å². The van der Waals surface area contributed by atoms with E-state index in [1.165, 1.54) is 68.7 Å². The first kappa shape index (κ1) is 14.8. The van der Waals surface area contributed by atoms with Gasteiger partial charge in [0.25, 0.3) is 0 Å². The van der Waals surface area contributed by atoms with Crippen molar-refractivity contribution in [3.05, 3.63) is 54.6 Å². The lowest BCUT2D eigenvalue weighted by Crippen LogP contribution is -2.48. The van der Waals surface area contributed by atoms with Crippen LogP contribution in [0.5, 0.6) is 0 Å². The van der Waals surface area contributed by atoms with Crippen molar-refractivity contribution in [3.8, 4) is 11.1 Å².